The Bertz CT molecular complexity index is 288. The fourth-order valence-electron chi connectivity index (χ4n) is 5.34. The molecule has 2 heteroatoms. The van der Waals surface area contributed by atoms with Gasteiger partial charge in [0.15, 0.2) is 0 Å². The van der Waals surface area contributed by atoms with E-state index in [1.54, 1.807) is 50.8 Å². The summed E-state index contributed by atoms with van der Waals surface area (Å²) in [7, 11) is 0.607. The van der Waals surface area contributed by atoms with Crippen LogP contribution in [0.4, 0.5) is 0 Å². The third-order valence-corrected chi connectivity index (χ3v) is 12.6. The van der Waals surface area contributed by atoms with Gasteiger partial charge < -0.3 is 0 Å². The molecule has 0 saturated heterocycles. The molecule has 4 aliphatic rings. The summed E-state index contributed by atoms with van der Waals surface area (Å²) in [5.74, 6) is 3.43. The molecule has 0 spiro atoms. The van der Waals surface area contributed by atoms with Crippen molar-refractivity contribution >= 4 is 15.8 Å². The van der Waals surface area contributed by atoms with Gasteiger partial charge in [-0.1, -0.05) is 13.8 Å². The molecule has 0 aromatic carbocycles. The maximum Gasteiger partial charge on any atom is -0.00888 e. The molecule has 4 rings (SSSR count). The van der Waals surface area contributed by atoms with Crippen molar-refractivity contribution in [2.75, 3.05) is 25.7 Å². The van der Waals surface area contributed by atoms with E-state index < -0.39 is 0 Å². The van der Waals surface area contributed by atoms with Gasteiger partial charge in [-0.3, -0.25) is 0 Å². The SMILES string of the molecule is CC(C)[P@@](C)CC[P@](C)C12CC3CC(CC(C3)C1)C2. The molecule has 4 aliphatic carbocycles. The molecule has 0 heterocycles. The molecule has 0 amide bonds. The first-order valence-corrected chi connectivity index (χ1v) is 12.4. The number of hydrogen-bond acceptors (Lipinski definition) is 0. The maximum absolute atomic E-state index is 2.67. The summed E-state index contributed by atoms with van der Waals surface area (Å²) in [4.78, 5) is 0. The summed E-state index contributed by atoms with van der Waals surface area (Å²) in [5, 5.41) is 0.858. The van der Waals surface area contributed by atoms with Crippen LogP contribution in [0.2, 0.25) is 0 Å². The van der Waals surface area contributed by atoms with Crippen molar-refractivity contribution in [3.8, 4) is 0 Å². The number of hydrogen-bond donors (Lipinski definition) is 0. The highest BCUT2D eigenvalue weighted by molar-refractivity contribution is 7.62. The van der Waals surface area contributed by atoms with Gasteiger partial charge in [0.25, 0.3) is 0 Å². The van der Waals surface area contributed by atoms with Gasteiger partial charge in [-0.25, -0.2) is 0 Å². The maximum atomic E-state index is 2.67. The topological polar surface area (TPSA) is 0 Å². The van der Waals surface area contributed by atoms with Gasteiger partial charge in [-0.15, -0.1) is 15.8 Å². The first kappa shape index (κ1) is 14.8. The van der Waals surface area contributed by atoms with Crippen molar-refractivity contribution in [2.45, 2.75) is 63.2 Å². The van der Waals surface area contributed by atoms with Gasteiger partial charge in [-0.2, -0.15) is 0 Å². The minimum atomic E-state index is 0.303. The van der Waals surface area contributed by atoms with E-state index >= 15 is 0 Å². The molecule has 0 aliphatic heterocycles. The van der Waals surface area contributed by atoms with Crippen LogP contribution in [-0.2, 0) is 0 Å². The van der Waals surface area contributed by atoms with Crippen LogP contribution < -0.4 is 0 Å². The lowest BCUT2D eigenvalue weighted by atomic mass is 9.56. The monoisotopic (exact) mass is 298 g/mol. The van der Waals surface area contributed by atoms with Crippen molar-refractivity contribution in [1.29, 1.82) is 0 Å². The van der Waals surface area contributed by atoms with E-state index in [0.29, 0.717) is 15.8 Å². The highest BCUT2D eigenvalue weighted by atomic mass is 31.1. The molecule has 0 aromatic rings. The molecule has 0 unspecified atom stereocenters. The van der Waals surface area contributed by atoms with Crippen molar-refractivity contribution in [3.63, 3.8) is 0 Å². The van der Waals surface area contributed by atoms with Crippen LogP contribution >= 0.6 is 15.8 Å². The fraction of sp³-hybridized carbons (Fsp3) is 1.00. The van der Waals surface area contributed by atoms with Crippen LogP contribution in [0.5, 0.6) is 0 Å². The van der Waals surface area contributed by atoms with Crippen LogP contribution in [0.25, 0.3) is 0 Å². The minimum Gasteiger partial charge on any atom is -0.107 e. The minimum absolute atomic E-state index is 0.303. The zero-order valence-electron chi connectivity index (χ0n) is 13.4. The Morgan fingerprint density at radius 1 is 0.895 bits per heavy atom. The lowest BCUT2D eigenvalue weighted by Crippen LogP contribution is -2.49. The third kappa shape index (κ3) is 2.92. The Morgan fingerprint density at radius 2 is 1.37 bits per heavy atom. The molecule has 4 bridgehead atoms. The lowest BCUT2D eigenvalue weighted by molar-refractivity contribution is 0.0357. The first-order valence-electron chi connectivity index (χ1n) is 8.40. The molecule has 0 nitrogen and oxygen atoms in total. The van der Waals surface area contributed by atoms with E-state index in [1.165, 1.54) is 0 Å². The summed E-state index contributed by atoms with van der Waals surface area (Å²) in [5.41, 5.74) is 0.940. The van der Waals surface area contributed by atoms with Crippen molar-refractivity contribution in [3.05, 3.63) is 0 Å². The Hall–Kier alpha value is 0.860. The standard InChI is InChI=1S/C17H32P2/c1-13(2)18(3)5-6-19(4)17-10-14-7-15(11-17)9-16(8-14)12-17/h13-16H,5-12H2,1-4H3/t14?,15?,16?,17?,18-,19-/m0/s1. The summed E-state index contributed by atoms with van der Waals surface area (Å²) in [6.45, 7) is 10.1. The van der Waals surface area contributed by atoms with Gasteiger partial charge in [0, 0.05) is 0 Å². The van der Waals surface area contributed by atoms with Gasteiger partial charge in [0.2, 0.25) is 0 Å². The van der Waals surface area contributed by atoms with Crippen LogP contribution in [0, 0.1) is 17.8 Å². The van der Waals surface area contributed by atoms with Gasteiger partial charge >= 0.3 is 0 Å². The second-order valence-corrected chi connectivity index (χ2v) is 13.9. The molecule has 0 aromatic heterocycles. The van der Waals surface area contributed by atoms with E-state index in [-0.39, 0.29) is 0 Å². The predicted molar refractivity (Wildman–Crippen MR) is 91.5 cm³/mol. The first-order chi connectivity index (χ1) is 8.98. The Morgan fingerprint density at radius 3 is 1.79 bits per heavy atom. The molecule has 4 saturated carbocycles. The average molecular weight is 298 g/mol. The van der Waals surface area contributed by atoms with E-state index in [2.05, 4.69) is 27.2 Å². The van der Waals surface area contributed by atoms with Crippen LogP contribution in [0.1, 0.15) is 52.4 Å². The Balaban J connectivity index is 1.61. The fourth-order valence-corrected chi connectivity index (χ4v) is 10.5. The van der Waals surface area contributed by atoms with Gasteiger partial charge in [-0.05, 0) is 92.7 Å². The van der Waals surface area contributed by atoms with Gasteiger partial charge in [0.05, 0.1) is 0 Å². The largest absolute Gasteiger partial charge is 0.107 e. The molecule has 4 fully saturated rings. The normalized spacial score (nSPS) is 43.7. The summed E-state index contributed by atoms with van der Waals surface area (Å²) >= 11 is 0. The molecule has 2 atom stereocenters. The van der Waals surface area contributed by atoms with E-state index in [0.717, 1.165) is 28.6 Å². The summed E-state index contributed by atoms with van der Waals surface area (Å²) in [6.07, 6.45) is 12.8. The smallest absolute Gasteiger partial charge is 0.00888 e. The zero-order chi connectivity index (χ0) is 13.6. The van der Waals surface area contributed by atoms with E-state index in [9.17, 15) is 0 Å². The van der Waals surface area contributed by atoms with E-state index in [4.69, 9.17) is 0 Å². The van der Waals surface area contributed by atoms with Crippen molar-refractivity contribution in [1.82, 2.24) is 0 Å². The predicted octanol–water partition coefficient (Wildman–Crippen LogP) is 5.59. The molecule has 110 valence electrons. The molecule has 0 radical (unpaired) electrons. The molecular weight excluding hydrogens is 266 g/mol. The number of rotatable bonds is 5. The second kappa shape index (κ2) is 5.57. The second-order valence-electron chi connectivity index (χ2n) is 8.14. The van der Waals surface area contributed by atoms with Crippen LogP contribution in [-0.4, -0.2) is 36.5 Å². The molecule has 19 heavy (non-hydrogen) atoms. The third-order valence-electron chi connectivity index (χ3n) is 6.49. The summed E-state index contributed by atoms with van der Waals surface area (Å²) < 4.78 is 0. The van der Waals surface area contributed by atoms with Crippen molar-refractivity contribution in [2.24, 2.45) is 17.8 Å². The van der Waals surface area contributed by atoms with Crippen LogP contribution in [0.3, 0.4) is 0 Å². The Kier molecular flexibility index (Phi) is 4.33. The van der Waals surface area contributed by atoms with Crippen molar-refractivity contribution < 1.29 is 0 Å². The molecular formula is C17H32P2. The lowest BCUT2D eigenvalue weighted by Gasteiger charge is -2.59. The molecule has 0 N–H and O–H groups in total. The zero-order valence-corrected chi connectivity index (χ0v) is 15.1. The van der Waals surface area contributed by atoms with Gasteiger partial charge in [0.1, 0.15) is 0 Å². The quantitative estimate of drug-likeness (QED) is 0.581. The average Bonchev–Trinajstić information content (AvgIpc) is 2.33. The van der Waals surface area contributed by atoms with E-state index in [1.807, 2.05) is 0 Å². The highest BCUT2D eigenvalue weighted by Gasteiger charge is 2.52. The summed E-state index contributed by atoms with van der Waals surface area (Å²) in [6, 6.07) is 0. The highest BCUT2D eigenvalue weighted by Crippen LogP contribution is 2.67. The van der Waals surface area contributed by atoms with Crippen LogP contribution in [0.15, 0.2) is 0 Å². The Labute approximate surface area is 123 Å².